The van der Waals surface area contributed by atoms with Crippen molar-refractivity contribution in [2.24, 2.45) is 22.7 Å². The van der Waals surface area contributed by atoms with Crippen molar-refractivity contribution in [2.75, 3.05) is 6.61 Å². The van der Waals surface area contributed by atoms with Crippen molar-refractivity contribution in [1.29, 1.82) is 0 Å². The van der Waals surface area contributed by atoms with Crippen LogP contribution in [0, 0.1) is 22.7 Å². The van der Waals surface area contributed by atoms with Crippen LogP contribution in [0.4, 0.5) is 0 Å². The van der Waals surface area contributed by atoms with Crippen LogP contribution < -0.4 is 0 Å². The Balaban J connectivity index is 1.78. The van der Waals surface area contributed by atoms with Crippen LogP contribution in [-0.2, 0) is 9.59 Å². The quantitative estimate of drug-likeness (QED) is 0.746. The maximum atomic E-state index is 12.3. The molecule has 0 radical (unpaired) electrons. The minimum Gasteiger partial charge on any atom is -0.388 e. The molecule has 2 N–H and O–H groups in total. The summed E-state index contributed by atoms with van der Waals surface area (Å²) in [7, 11) is 0. The molecule has 0 aromatic heterocycles. The number of fused-ring (bicyclic) bond motifs is 5. The number of hydrogen-bond acceptors (Lipinski definition) is 4. The van der Waals surface area contributed by atoms with Crippen LogP contribution in [-0.4, -0.2) is 34.0 Å². The summed E-state index contributed by atoms with van der Waals surface area (Å²) in [5.74, 6) is 0.211. The second-order valence-corrected chi connectivity index (χ2v) is 9.08. The molecule has 5 atom stereocenters. The Bertz CT molecular complexity index is 788. The second kappa shape index (κ2) is 5.49. The fraction of sp³-hybridized carbons (Fsp3) is 0.636. The molecule has 2 saturated carbocycles. The standard InChI is InChI=1S/C22H28O4/c1-13-11-20(2)14(10-18(13)24)4-5-15-16(20)6-8-21(3)17(15)7-9-22(21,26)19(25)12-23/h6,10-11,15,17,23,26H,4-5,7-9,12H2,1-3H3/t15-,17+,20+,21+,22+/m1/s1. The monoisotopic (exact) mass is 356 g/mol. The lowest BCUT2D eigenvalue weighted by Crippen LogP contribution is -2.55. The Labute approximate surface area is 154 Å². The summed E-state index contributed by atoms with van der Waals surface area (Å²) < 4.78 is 0. The van der Waals surface area contributed by atoms with E-state index in [4.69, 9.17) is 0 Å². The van der Waals surface area contributed by atoms with E-state index in [1.165, 1.54) is 11.1 Å². The summed E-state index contributed by atoms with van der Waals surface area (Å²) in [6.45, 7) is 5.50. The van der Waals surface area contributed by atoms with Gasteiger partial charge < -0.3 is 10.2 Å². The molecule has 4 nitrogen and oxygen atoms in total. The lowest BCUT2D eigenvalue weighted by Gasteiger charge is -2.53. The average molecular weight is 356 g/mol. The molecule has 0 spiro atoms. The Morgan fingerprint density at radius 3 is 2.73 bits per heavy atom. The van der Waals surface area contributed by atoms with Crippen LogP contribution in [0.25, 0.3) is 0 Å². The second-order valence-electron chi connectivity index (χ2n) is 9.08. The maximum absolute atomic E-state index is 12.3. The SMILES string of the molecule is CC1=C[C@@]2(C)C(=CC1=O)CC[C@@H]1C2=CC[C@@]2(C)[C@H]1CC[C@]2(O)C(=O)CO. The number of rotatable bonds is 2. The van der Waals surface area contributed by atoms with Crippen LogP contribution in [0.1, 0.15) is 52.9 Å². The molecule has 26 heavy (non-hydrogen) atoms. The van der Waals surface area contributed by atoms with Gasteiger partial charge in [-0.1, -0.05) is 30.2 Å². The molecule has 0 bridgehead atoms. The third-order valence-electron chi connectivity index (χ3n) is 8.01. The average Bonchev–Trinajstić information content (AvgIpc) is 2.88. The molecule has 0 unspecified atom stereocenters. The first kappa shape index (κ1) is 17.9. The van der Waals surface area contributed by atoms with Crippen molar-refractivity contribution in [3.63, 3.8) is 0 Å². The summed E-state index contributed by atoms with van der Waals surface area (Å²) in [4.78, 5) is 24.5. The largest absolute Gasteiger partial charge is 0.388 e. The third-order valence-corrected chi connectivity index (χ3v) is 8.01. The van der Waals surface area contributed by atoms with E-state index < -0.39 is 23.4 Å². The summed E-state index contributed by atoms with van der Waals surface area (Å²) in [5.41, 5.74) is 1.17. The predicted octanol–water partition coefficient (Wildman–Crippen LogP) is 2.90. The van der Waals surface area contributed by atoms with Gasteiger partial charge >= 0.3 is 0 Å². The minimum atomic E-state index is -1.43. The van der Waals surface area contributed by atoms with Crippen LogP contribution >= 0.6 is 0 Å². The van der Waals surface area contributed by atoms with Crippen molar-refractivity contribution in [1.82, 2.24) is 0 Å². The van der Waals surface area contributed by atoms with Crippen molar-refractivity contribution in [3.8, 4) is 0 Å². The number of ketones is 2. The summed E-state index contributed by atoms with van der Waals surface area (Å²) in [6.07, 6.45) is 9.86. The zero-order valence-electron chi connectivity index (χ0n) is 15.8. The fourth-order valence-electron chi connectivity index (χ4n) is 6.40. The van der Waals surface area contributed by atoms with E-state index in [-0.39, 0.29) is 17.1 Å². The highest BCUT2D eigenvalue weighted by Gasteiger charge is 2.64. The van der Waals surface area contributed by atoms with Gasteiger partial charge in [-0.3, -0.25) is 9.59 Å². The molecule has 4 aliphatic rings. The maximum Gasteiger partial charge on any atom is 0.190 e. The molecule has 0 aromatic rings. The molecule has 2 fully saturated rings. The van der Waals surface area contributed by atoms with Gasteiger partial charge in [-0.15, -0.1) is 0 Å². The molecule has 0 amide bonds. The van der Waals surface area contributed by atoms with E-state index >= 15 is 0 Å². The molecular weight excluding hydrogens is 328 g/mol. The third kappa shape index (κ3) is 2.03. The Morgan fingerprint density at radius 1 is 1.31 bits per heavy atom. The molecule has 0 heterocycles. The van der Waals surface area contributed by atoms with E-state index in [1.807, 2.05) is 19.9 Å². The molecule has 4 heteroatoms. The number of allylic oxidation sites excluding steroid dienone is 6. The Hall–Kier alpha value is -1.52. The van der Waals surface area contributed by atoms with Crippen LogP contribution in [0.3, 0.4) is 0 Å². The number of aliphatic hydroxyl groups is 2. The van der Waals surface area contributed by atoms with Crippen molar-refractivity contribution >= 4 is 11.6 Å². The number of hydrogen-bond donors (Lipinski definition) is 2. The summed E-state index contributed by atoms with van der Waals surface area (Å²) in [5, 5.41) is 20.5. The van der Waals surface area contributed by atoms with Gasteiger partial charge in [0.1, 0.15) is 12.2 Å². The van der Waals surface area contributed by atoms with Crippen LogP contribution in [0.5, 0.6) is 0 Å². The molecule has 140 valence electrons. The lowest BCUT2D eigenvalue weighted by atomic mass is 9.51. The topological polar surface area (TPSA) is 74.6 Å². The van der Waals surface area contributed by atoms with Gasteiger partial charge in [-0.25, -0.2) is 0 Å². The van der Waals surface area contributed by atoms with E-state index in [1.54, 1.807) is 0 Å². The molecule has 4 aliphatic carbocycles. The van der Waals surface area contributed by atoms with Gasteiger partial charge in [0, 0.05) is 10.8 Å². The molecule has 0 aromatic carbocycles. The number of aliphatic hydroxyl groups excluding tert-OH is 1. The smallest absolute Gasteiger partial charge is 0.190 e. The normalized spacial score (nSPS) is 44.3. The highest BCUT2D eigenvalue weighted by Crippen LogP contribution is 2.65. The van der Waals surface area contributed by atoms with E-state index in [0.717, 1.165) is 24.8 Å². The number of Topliss-reactive ketones (excluding diaryl/α,β-unsaturated/α-hetero) is 1. The van der Waals surface area contributed by atoms with Gasteiger partial charge in [0.15, 0.2) is 11.6 Å². The highest BCUT2D eigenvalue weighted by molar-refractivity contribution is 6.05. The Morgan fingerprint density at radius 2 is 2.04 bits per heavy atom. The fourth-order valence-corrected chi connectivity index (χ4v) is 6.40. The highest BCUT2D eigenvalue weighted by atomic mass is 16.3. The van der Waals surface area contributed by atoms with Gasteiger partial charge in [-0.05, 0) is 69.4 Å². The van der Waals surface area contributed by atoms with E-state index in [9.17, 15) is 19.8 Å². The van der Waals surface area contributed by atoms with Gasteiger partial charge in [-0.2, -0.15) is 0 Å². The van der Waals surface area contributed by atoms with E-state index in [2.05, 4.69) is 19.1 Å². The lowest BCUT2D eigenvalue weighted by molar-refractivity contribution is -0.155. The van der Waals surface area contributed by atoms with Gasteiger partial charge in [0.2, 0.25) is 0 Å². The summed E-state index contributed by atoms with van der Waals surface area (Å²) in [6, 6.07) is 0. The molecule has 4 rings (SSSR count). The number of carbonyl (C=O) groups excluding carboxylic acids is 2. The summed E-state index contributed by atoms with van der Waals surface area (Å²) >= 11 is 0. The number of carbonyl (C=O) groups is 2. The van der Waals surface area contributed by atoms with Crippen LogP contribution in [0.15, 0.2) is 34.9 Å². The van der Waals surface area contributed by atoms with Crippen LogP contribution in [0.2, 0.25) is 0 Å². The van der Waals surface area contributed by atoms with E-state index in [0.29, 0.717) is 18.8 Å². The Kier molecular flexibility index (Phi) is 3.78. The predicted molar refractivity (Wildman–Crippen MR) is 98.3 cm³/mol. The molecule has 0 saturated heterocycles. The molecular formula is C22H28O4. The minimum absolute atomic E-state index is 0.112. The zero-order valence-corrected chi connectivity index (χ0v) is 15.8. The van der Waals surface area contributed by atoms with Gasteiger partial charge in [0.05, 0.1) is 0 Å². The molecule has 0 aliphatic heterocycles. The zero-order chi connectivity index (χ0) is 18.9. The van der Waals surface area contributed by atoms with Crippen molar-refractivity contribution in [3.05, 3.63) is 34.9 Å². The first-order valence-corrected chi connectivity index (χ1v) is 9.69. The van der Waals surface area contributed by atoms with Crippen molar-refractivity contribution < 1.29 is 19.8 Å². The first-order chi connectivity index (χ1) is 12.2. The first-order valence-electron chi connectivity index (χ1n) is 9.69. The van der Waals surface area contributed by atoms with Gasteiger partial charge in [0.25, 0.3) is 0 Å². The van der Waals surface area contributed by atoms with Crippen molar-refractivity contribution in [2.45, 2.75) is 58.5 Å².